The number of alkyl halides is 3. The maximum absolute atomic E-state index is 13.9. The van der Waals surface area contributed by atoms with Gasteiger partial charge >= 0.3 is 6.18 Å². The molecule has 3 aromatic heterocycles. The minimum absolute atomic E-state index is 0.108. The van der Waals surface area contributed by atoms with Gasteiger partial charge in [-0.05, 0) is 24.3 Å². The molecule has 0 unspecified atom stereocenters. The molecule has 1 aliphatic heterocycles. The van der Waals surface area contributed by atoms with Crippen molar-refractivity contribution in [3.63, 3.8) is 0 Å². The molecule has 0 bridgehead atoms. The number of fused-ring (bicyclic) bond motifs is 1. The molecule has 188 valence electrons. The number of carbonyl (C=O) groups is 1. The number of benzene rings is 1. The lowest BCUT2D eigenvalue weighted by Gasteiger charge is -2.38. The Balaban J connectivity index is 1.40. The van der Waals surface area contributed by atoms with Gasteiger partial charge in [-0.2, -0.15) is 13.2 Å². The molecule has 1 saturated heterocycles. The van der Waals surface area contributed by atoms with Crippen LogP contribution in [0.15, 0.2) is 64.4 Å². The number of amides is 1. The highest BCUT2D eigenvalue weighted by atomic mass is 35.5. The van der Waals surface area contributed by atoms with Crippen molar-refractivity contribution in [1.29, 1.82) is 0 Å². The molecule has 5 rings (SSSR count). The number of rotatable bonds is 5. The van der Waals surface area contributed by atoms with E-state index in [1.54, 1.807) is 0 Å². The number of hydrogen-bond acceptors (Lipinski definition) is 5. The maximum atomic E-state index is 13.9. The zero-order valence-corrected chi connectivity index (χ0v) is 19.5. The SMILES string of the molecule is O=C(c1nc2c(C(F)(F)F)cc(-c3ccoc3)cn2c1Cl)N1CC(NS(=O)(=O)c2ccccc2F)C1. The van der Waals surface area contributed by atoms with Crippen LogP contribution in [0, 0.1) is 5.82 Å². The Labute approximate surface area is 206 Å². The largest absolute Gasteiger partial charge is 0.472 e. The minimum atomic E-state index is -4.79. The van der Waals surface area contributed by atoms with Crippen molar-refractivity contribution >= 4 is 33.2 Å². The quantitative estimate of drug-likeness (QED) is 0.381. The Morgan fingerprint density at radius 3 is 2.53 bits per heavy atom. The average molecular weight is 543 g/mol. The number of halogens is 5. The van der Waals surface area contributed by atoms with Gasteiger partial charge in [0.15, 0.2) is 11.3 Å². The molecular formula is C22H15ClF4N4O4S. The van der Waals surface area contributed by atoms with Crippen molar-refractivity contribution in [2.75, 3.05) is 13.1 Å². The first kappa shape index (κ1) is 24.3. The number of sulfonamides is 1. The van der Waals surface area contributed by atoms with E-state index in [9.17, 15) is 30.8 Å². The third-order valence-electron chi connectivity index (χ3n) is 5.64. The molecule has 4 aromatic rings. The lowest BCUT2D eigenvalue weighted by atomic mass is 10.1. The van der Waals surface area contributed by atoms with Gasteiger partial charge in [0, 0.05) is 30.4 Å². The molecule has 1 aliphatic rings. The number of aromatic nitrogens is 2. The highest BCUT2D eigenvalue weighted by Crippen LogP contribution is 2.37. The smallest absolute Gasteiger partial charge is 0.420 e. The van der Waals surface area contributed by atoms with Gasteiger partial charge in [-0.3, -0.25) is 9.20 Å². The second-order valence-electron chi connectivity index (χ2n) is 8.06. The fourth-order valence-electron chi connectivity index (χ4n) is 3.86. The Morgan fingerprint density at radius 2 is 1.89 bits per heavy atom. The van der Waals surface area contributed by atoms with Crippen LogP contribution >= 0.6 is 11.6 Å². The predicted octanol–water partition coefficient (Wildman–Crippen LogP) is 4.21. The van der Waals surface area contributed by atoms with Gasteiger partial charge < -0.3 is 9.32 Å². The second-order valence-corrected chi connectivity index (χ2v) is 10.1. The van der Waals surface area contributed by atoms with Gasteiger partial charge in [-0.15, -0.1) is 0 Å². The van der Waals surface area contributed by atoms with Gasteiger partial charge in [0.2, 0.25) is 10.0 Å². The highest BCUT2D eigenvalue weighted by molar-refractivity contribution is 7.89. The molecule has 1 N–H and O–H groups in total. The Hall–Kier alpha value is -3.42. The fraction of sp³-hybridized carbons (Fsp3) is 0.182. The van der Waals surface area contributed by atoms with E-state index < -0.39 is 55.8 Å². The van der Waals surface area contributed by atoms with E-state index in [0.717, 1.165) is 22.6 Å². The molecule has 0 radical (unpaired) electrons. The number of carbonyl (C=O) groups excluding carboxylic acids is 1. The molecule has 0 atom stereocenters. The summed E-state index contributed by atoms with van der Waals surface area (Å²) >= 11 is 6.28. The van der Waals surface area contributed by atoms with Crippen molar-refractivity contribution in [1.82, 2.24) is 19.0 Å². The summed E-state index contributed by atoms with van der Waals surface area (Å²) in [7, 11) is -4.18. The van der Waals surface area contributed by atoms with Gasteiger partial charge in [0.05, 0.1) is 24.1 Å². The Bertz CT molecular complexity index is 1580. The zero-order valence-electron chi connectivity index (χ0n) is 18.0. The first-order valence-corrected chi connectivity index (χ1v) is 12.2. The van der Waals surface area contributed by atoms with Crippen molar-refractivity contribution in [2.45, 2.75) is 17.1 Å². The monoisotopic (exact) mass is 542 g/mol. The third kappa shape index (κ3) is 4.22. The molecule has 8 nitrogen and oxygen atoms in total. The molecule has 0 aliphatic carbocycles. The predicted molar refractivity (Wildman–Crippen MR) is 119 cm³/mol. The molecule has 4 heterocycles. The van der Waals surface area contributed by atoms with Crippen molar-refractivity contribution < 1.29 is 35.2 Å². The Morgan fingerprint density at radius 1 is 1.17 bits per heavy atom. The molecule has 1 aromatic carbocycles. The summed E-state index contributed by atoms with van der Waals surface area (Å²) in [5.74, 6) is -1.70. The average Bonchev–Trinajstić information content (AvgIpc) is 3.43. The van der Waals surface area contributed by atoms with Crippen LogP contribution in [0.5, 0.6) is 0 Å². The van der Waals surface area contributed by atoms with E-state index in [1.807, 2.05) is 0 Å². The number of furan rings is 1. The summed E-state index contributed by atoms with van der Waals surface area (Å²) in [6.45, 7) is -0.216. The summed E-state index contributed by atoms with van der Waals surface area (Å²) in [5, 5.41) is -0.332. The minimum Gasteiger partial charge on any atom is -0.472 e. The van der Waals surface area contributed by atoms with Gasteiger partial charge in [-0.1, -0.05) is 23.7 Å². The van der Waals surface area contributed by atoms with Crippen LogP contribution in [-0.2, 0) is 16.2 Å². The maximum Gasteiger partial charge on any atom is 0.420 e. The van der Waals surface area contributed by atoms with Crippen molar-refractivity contribution in [2.24, 2.45) is 0 Å². The number of likely N-dealkylation sites (tertiary alicyclic amines) is 1. The van der Waals surface area contributed by atoms with Crippen LogP contribution in [-0.4, -0.2) is 47.7 Å². The number of nitrogens with one attached hydrogen (secondary N) is 1. The summed E-state index contributed by atoms with van der Waals surface area (Å²) in [6.07, 6.45) is -0.912. The van der Waals surface area contributed by atoms with Crippen molar-refractivity contribution in [3.8, 4) is 11.1 Å². The number of imidazole rings is 1. The lowest BCUT2D eigenvalue weighted by molar-refractivity contribution is -0.136. The zero-order chi connectivity index (χ0) is 25.8. The first-order chi connectivity index (χ1) is 17.0. The van der Waals surface area contributed by atoms with E-state index >= 15 is 0 Å². The van der Waals surface area contributed by atoms with Crippen molar-refractivity contribution in [3.05, 3.63) is 77.3 Å². The molecular weight excluding hydrogens is 528 g/mol. The molecule has 0 saturated carbocycles. The molecule has 36 heavy (non-hydrogen) atoms. The number of hydrogen-bond donors (Lipinski definition) is 1. The normalized spacial score (nSPS) is 14.9. The molecule has 1 amide bonds. The first-order valence-electron chi connectivity index (χ1n) is 10.3. The Kier molecular flexibility index (Phi) is 5.80. The molecule has 0 spiro atoms. The topological polar surface area (TPSA) is 96.9 Å². The van der Waals surface area contributed by atoms with Crippen LogP contribution in [0.1, 0.15) is 16.1 Å². The number of pyridine rings is 1. The van der Waals surface area contributed by atoms with Gasteiger partial charge in [-0.25, -0.2) is 22.5 Å². The molecule has 14 heteroatoms. The summed E-state index contributed by atoms with van der Waals surface area (Å²) < 4.78 is 88.3. The van der Waals surface area contributed by atoms with E-state index in [4.69, 9.17) is 16.0 Å². The van der Waals surface area contributed by atoms with E-state index in [2.05, 4.69) is 9.71 Å². The highest BCUT2D eigenvalue weighted by Gasteiger charge is 2.39. The standard InChI is InChI=1S/C22H15ClF4N4O4S/c23-19-18(21(32)30-9-14(10-30)29-36(33,34)17-4-2-1-3-16(17)24)28-20-15(22(25,26)27)7-13(8-31(19)20)12-5-6-35-11-12/h1-8,11,14,29H,9-10H2. The van der Waals surface area contributed by atoms with Crippen LogP contribution in [0.3, 0.4) is 0 Å². The lowest BCUT2D eigenvalue weighted by Crippen LogP contribution is -2.61. The summed E-state index contributed by atoms with van der Waals surface area (Å²) in [5.41, 5.74) is -1.55. The number of nitrogens with zero attached hydrogens (tertiary/aromatic N) is 3. The van der Waals surface area contributed by atoms with Gasteiger partial charge in [0.25, 0.3) is 5.91 Å². The van der Waals surface area contributed by atoms with Crippen LogP contribution < -0.4 is 4.72 Å². The third-order valence-corrected chi connectivity index (χ3v) is 7.56. The van der Waals surface area contributed by atoms with Crippen LogP contribution in [0.4, 0.5) is 17.6 Å². The fourth-order valence-corrected chi connectivity index (χ4v) is 5.41. The van der Waals surface area contributed by atoms with E-state index in [-0.39, 0.29) is 23.8 Å². The van der Waals surface area contributed by atoms with Gasteiger partial charge in [0.1, 0.15) is 15.9 Å². The van der Waals surface area contributed by atoms with Crippen LogP contribution in [0.25, 0.3) is 16.8 Å². The second kappa shape index (κ2) is 8.61. The van der Waals surface area contributed by atoms with E-state index in [1.165, 1.54) is 41.8 Å². The van der Waals surface area contributed by atoms with E-state index in [0.29, 0.717) is 5.56 Å². The molecule has 1 fully saturated rings. The van der Waals surface area contributed by atoms with Crippen LogP contribution in [0.2, 0.25) is 5.15 Å². The summed E-state index contributed by atoms with van der Waals surface area (Å²) in [4.78, 5) is 17.5. The summed E-state index contributed by atoms with van der Waals surface area (Å²) in [6, 6.07) is 6.45.